The number of imidazole rings is 1. The van der Waals surface area contributed by atoms with E-state index >= 15 is 0 Å². The van der Waals surface area contributed by atoms with Gasteiger partial charge in [0.2, 0.25) is 0 Å². The van der Waals surface area contributed by atoms with Gasteiger partial charge in [-0.15, -0.1) is 11.3 Å². The van der Waals surface area contributed by atoms with Crippen molar-refractivity contribution in [2.24, 2.45) is 0 Å². The number of thiophene rings is 1. The van der Waals surface area contributed by atoms with Gasteiger partial charge in [0, 0.05) is 16.6 Å². The molecule has 0 bridgehead atoms. The van der Waals surface area contributed by atoms with Crippen LogP contribution < -0.4 is 0 Å². The number of thiazole rings is 1. The minimum Gasteiger partial charge on any atom is -0.477 e. The van der Waals surface area contributed by atoms with Crippen LogP contribution >= 0.6 is 22.7 Å². The third-order valence-electron chi connectivity index (χ3n) is 3.23. The van der Waals surface area contributed by atoms with Crippen molar-refractivity contribution in [1.82, 2.24) is 9.38 Å². The van der Waals surface area contributed by atoms with Crippen LogP contribution in [0.1, 0.15) is 20.2 Å². The Kier molecular flexibility index (Phi) is 1.96. The van der Waals surface area contributed by atoms with Crippen molar-refractivity contribution in [3.63, 3.8) is 0 Å². The number of carbonyl (C=O) groups is 1. The van der Waals surface area contributed by atoms with Gasteiger partial charge in [-0.3, -0.25) is 4.40 Å². The monoisotopic (exact) mass is 276 g/mol. The van der Waals surface area contributed by atoms with Crippen molar-refractivity contribution in [2.75, 3.05) is 0 Å². The highest BCUT2D eigenvalue weighted by atomic mass is 32.1. The van der Waals surface area contributed by atoms with Crippen LogP contribution in [0.2, 0.25) is 0 Å². The van der Waals surface area contributed by atoms with E-state index in [-0.39, 0.29) is 0 Å². The molecule has 1 N–H and O–H groups in total. The highest BCUT2D eigenvalue weighted by Crippen LogP contribution is 2.37. The maximum Gasteiger partial charge on any atom is 0.347 e. The molecule has 0 atom stereocenters. The second kappa shape index (κ2) is 3.43. The van der Waals surface area contributed by atoms with Crippen LogP contribution in [0.3, 0.4) is 0 Å². The van der Waals surface area contributed by atoms with E-state index in [0.717, 1.165) is 29.2 Å². The molecular formula is C12H8N2O2S2. The lowest BCUT2D eigenvalue weighted by molar-refractivity contribution is 0.0702. The molecule has 6 heteroatoms. The van der Waals surface area contributed by atoms with Gasteiger partial charge in [0.25, 0.3) is 0 Å². The second-order valence-electron chi connectivity index (χ2n) is 4.22. The molecule has 0 saturated heterocycles. The molecule has 1 aliphatic rings. The van der Waals surface area contributed by atoms with Crippen LogP contribution in [0, 0.1) is 0 Å². The summed E-state index contributed by atoms with van der Waals surface area (Å²) in [6.45, 7) is 0. The van der Waals surface area contributed by atoms with Gasteiger partial charge < -0.3 is 5.11 Å². The van der Waals surface area contributed by atoms with E-state index in [1.807, 2.05) is 4.40 Å². The number of fused-ring (bicyclic) bond motifs is 5. The Morgan fingerprint density at radius 1 is 1.44 bits per heavy atom. The van der Waals surface area contributed by atoms with Crippen LogP contribution in [0.4, 0.5) is 0 Å². The maximum absolute atomic E-state index is 11.0. The number of aromatic nitrogens is 2. The van der Waals surface area contributed by atoms with Crippen molar-refractivity contribution >= 4 is 33.6 Å². The fraction of sp³-hybridized carbons (Fsp3) is 0.167. The number of carboxylic acid groups (broad SMARTS) is 1. The van der Waals surface area contributed by atoms with Gasteiger partial charge in [-0.1, -0.05) is 11.3 Å². The molecule has 90 valence electrons. The van der Waals surface area contributed by atoms with Gasteiger partial charge in [-0.2, -0.15) is 0 Å². The first-order chi connectivity index (χ1) is 8.74. The third kappa shape index (κ3) is 1.24. The smallest absolute Gasteiger partial charge is 0.347 e. The summed E-state index contributed by atoms with van der Waals surface area (Å²) in [7, 11) is 0. The lowest BCUT2D eigenvalue weighted by Crippen LogP contribution is -2.02. The van der Waals surface area contributed by atoms with E-state index in [1.165, 1.54) is 21.8 Å². The van der Waals surface area contributed by atoms with Gasteiger partial charge in [0.15, 0.2) is 4.96 Å². The average Bonchev–Trinajstić information content (AvgIpc) is 3.00. The van der Waals surface area contributed by atoms with E-state index in [4.69, 9.17) is 5.11 Å². The Labute approximate surface area is 110 Å². The molecule has 0 aromatic carbocycles. The molecule has 0 fully saturated rings. The molecule has 4 nitrogen and oxygen atoms in total. The van der Waals surface area contributed by atoms with E-state index in [0.29, 0.717) is 4.88 Å². The zero-order chi connectivity index (χ0) is 12.3. The van der Waals surface area contributed by atoms with Gasteiger partial charge >= 0.3 is 5.97 Å². The van der Waals surface area contributed by atoms with E-state index in [2.05, 4.69) is 16.4 Å². The molecule has 18 heavy (non-hydrogen) atoms. The Balaban J connectivity index is 2.00. The molecule has 0 saturated carbocycles. The van der Waals surface area contributed by atoms with Crippen molar-refractivity contribution in [3.8, 4) is 11.3 Å². The predicted octanol–water partition coefficient (Wildman–Crippen LogP) is 2.92. The van der Waals surface area contributed by atoms with E-state index in [9.17, 15) is 4.79 Å². The number of aromatic carboxylic acids is 1. The minimum atomic E-state index is -0.883. The summed E-state index contributed by atoms with van der Waals surface area (Å²) < 4.78 is 1.93. The summed E-state index contributed by atoms with van der Waals surface area (Å²) in [6.07, 6.45) is 3.64. The lowest BCUT2D eigenvalue weighted by atomic mass is 10.0. The van der Waals surface area contributed by atoms with Crippen LogP contribution in [0.25, 0.3) is 16.2 Å². The molecule has 0 aliphatic heterocycles. The predicted molar refractivity (Wildman–Crippen MR) is 70.7 cm³/mol. The summed E-state index contributed by atoms with van der Waals surface area (Å²) in [6, 6.07) is 2.10. The third-order valence-corrected chi connectivity index (χ3v) is 5.18. The summed E-state index contributed by atoms with van der Waals surface area (Å²) in [5.74, 6) is -0.883. The number of hydrogen-bond acceptors (Lipinski definition) is 4. The highest BCUT2D eigenvalue weighted by Gasteiger charge is 2.24. The van der Waals surface area contributed by atoms with Gasteiger partial charge in [0.1, 0.15) is 4.88 Å². The average molecular weight is 276 g/mol. The summed E-state index contributed by atoms with van der Waals surface area (Å²) >= 11 is 3.00. The van der Waals surface area contributed by atoms with E-state index in [1.54, 1.807) is 17.5 Å². The highest BCUT2D eigenvalue weighted by molar-refractivity contribution is 7.18. The van der Waals surface area contributed by atoms with Crippen molar-refractivity contribution in [2.45, 2.75) is 12.8 Å². The molecule has 0 amide bonds. The van der Waals surface area contributed by atoms with Crippen LogP contribution in [-0.2, 0) is 12.8 Å². The summed E-state index contributed by atoms with van der Waals surface area (Å²) in [4.78, 5) is 18.1. The molecule has 3 aromatic heterocycles. The largest absolute Gasteiger partial charge is 0.477 e. The van der Waals surface area contributed by atoms with Crippen molar-refractivity contribution < 1.29 is 9.90 Å². The zero-order valence-electron chi connectivity index (χ0n) is 9.21. The Morgan fingerprint density at radius 2 is 2.33 bits per heavy atom. The van der Waals surface area contributed by atoms with Crippen LogP contribution in [-0.4, -0.2) is 20.5 Å². The quantitative estimate of drug-likeness (QED) is 0.743. The second-order valence-corrected chi connectivity index (χ2v) is 6.23. The van der Waals surface area contributed by atoms with Crippen LogP contribution in [0.15, 0.2) is 17.6 Å². The minimum absolute atomic E-state index is 0.344. The SMILES string of the molecule is O=C(O)c1cn2c3c(nc2s1)-c1ccsc1CC3. The number of rotatable bonds is 1. The van der Waals surface area contributed by atoms with E-state index < -0.39 is 5.97 Å². The maximum atomic E-state index is 11.0. The molecule has 1 aliphatic carbocycles. The first-order valence-electron chi connectivity index (χ1n) is 5.55. The fourth-order valence-corrected chi connectivity index (χ4v) is 4.14. The molecule has 0 spiro atoms. The number of hydrogen-bond donors (Lipinski definition) is 1. The summed E-state index contributed by atoms with van der Waals surface area (Å²) in [5.41, 5.74) is 3.38. The number of carboxylic acids is 1. The van der Waals surface area contributed by atoms with Gasteiger partial charge in [-0.25, -0.2) is 9.78 Å². The molecule has 0 unspecified atom stereocenters. The topological polar surface area (TPSA) is 54.6 Å². The Morgan fingerprint density at radius 3 is 3.17 bits per heavy atom. The standard InChI is InChI=1S/C12H8N2O2S2/c15-11(16)9-5-14-7-1-2-8-6(3-4-17-8)10(7)13-12(14)18-9/h3-5H,1-2H2,(H,15,16). The van der Waals surface area contributed by atoms with Crippen molar-refractivity contribution in [3.05, 3.63) is 33.1 Å². The molecular weight excluding hydrogens is 268 g/mol. The first kappa shape index (κ1) is 10.3. The molecule has 3 heterocycles. The normalized spacial score (nSPS) is 13.6. The fourth-order valence-electron chi connectivity index (χ4n) is 2.42. The Hall–Kier alpha value is -1.66. The molecule has 3 aromatic rings. The number of nitrogens with zero attached hydrogens (tertiary/aromatic N) is 2. The molecule has 4 rings (SSSR count). The van der Waals surface area contributed by atoms with Crippen LogP contribution in [0.5, 0.6) is 0 Å². The zero-order valence-corrected chi connectivity index (χ0v) is 10.8. The van der Waals surface area contributed by atoms with Gasteiger partial charge in [-0.05, 0) is 24.3 Å². The first-order valence-corrected chi connectivity index (χ1v) is 7.24. The summed E-state index contributed by atoms with van der Waals surface area (Å²) in [5, 5.41) is 11.1. The molecule has 0 radical (unpaired) electrons. The Bertz CT molecular complexity index is 781. The number of aryl methyl sites for hydroxylation is 2. The van der Waals surface area contributed by atoms with Gasteiger partial charge in [0.05, 0.1) is 11.4 Å². The van der Waals surface area contributed by atoms with Crippen molar-refractivity contribution in [1.29, 1.82) is 0 Å². The lowest BCUT2D eigenvalue weighted by Gasteiger charge is -2.10.